The van der Waals surface area contributed by atoms with E-state index in [1.165, 1.54) is 32.3 Å². The molecule has 0 bridgehead atoms. The fourth-order valence-corrected chi connectivity index (χ4v) is 8.14. The molecule has 9 aromatic carbocycles. The normalized spacial score (nSPS) is 11.6. The van der Waals surface area contributed by atoms with Crippen molar-refractivity contribution in [2.24, 2.45) is 0 Å². The van der Waals surface area contributed by atoms with Crippen molar-refractivity contribution in [3.63, 3.8) is 0 Å². The summed E-state index contributed by atoms with van der Waals surface area (Å²) >= 11 is 0. The summed E-state index contributed by atoms with van der Waals surface area (Å²) in [5.41, 5.74) is 8.57. The molecule has 2 aromatic heterocycles. The number of para-hydroxylation sites is 2. The zero-order chi connectivity index (χ0) is 36.3. The van der Waals surface area contributed by atoms with Crippen LogP contribution in [0.3, 0.4) is 0 Å². The molecule has 4 heteroatoms. The van der Waals surface area contributed by atoms with Crippen LogP contribution in [0.4, 0.5) is 0 Å². The minimum Gasteiger partial charge on any atom is -0.455 e. The maximum atomic E-state index is 6.54. The summed E-state index contributed by atoms with van der Waals surface area (Å²) < 4.78 is 6.54. The second kappa shape index (κ2) is 12.6. The van der Waals surface area contributed by atoms with E-state index in [0.717, 1.165) is 60.9 Å². The van der Waals surface area contributed by atoms with Crippen LogP contribution in [0.5, 0.6) is 0 Å². The van der Waals surface area contributed by atoms with Gasteiger partial charge < -0.3 is 4.42 Å². The fraction of sp³-hybridized carbons (Fsp3) is 0. The van der Waals surface area contributed by atoms with Crippen LogP contribution in [0.2, 0.25) is 0 Å². The fourth-order valence-electron chi connectivity index (χ4n) is 8.14. The third-order valence-electron chi connectivity index (χ3n) is 10.7. The number of rotatable bonds is 5. The highest BCUT2D eigenvalue weighted by Crippen LogP contribution is 2.41. The van der Waals surface area contributed by atoms with Crippen LogP contribution in [0.15, 0.2) is 192 Å². The van der Waals surface area contributed by atoms with E-state index in [1.807, 2.05) is 24.3 Å². The average molecular weight is 702 g/mol. The first-order valence-corrected chi connectivity index (χ1v) is 18.5. The molecule has 0 unspecified atom stereocenters. The predicted octanol–water partition coefficient (Wildman–Crippen LogP) is 13.6. The molecule has 0 radical (unpaired) electrons. The number of aromatic nitrogens is 3. The Morgan fingerprint density at radius 2 is 0.818 bits per heavy atom. The van der Waals surface area contributed by atoms with Gasteiger partial charge in [-0.3, -0.25) is 0 Å². The van der Waals surface area contributed by atoms with Gasteiger partial charge in [0.15, 0.2) is 17.5 Å². The van der Waals surface area contributed by atoms with E-state index >= 15 is 0 Å². The van der Waals surface area contributed by atoms with E-state index in [1.54, 1.807) is 0 Å². The Morgan fingerprint density at radius 1 is 0.291 bits per heavy atom. The van der Waals surface area contributed by atoms with Gasteiger partial charge in [0.1, 0.15) is 11.2 Å². The van der Waals surface area contributed by atoms with Crippen LogP contribution in [-0.2, 0) is 0 Å². The van der Waals surface area contributed by atoms with Crippen LogP contribution >= 0.6 is 0 Å². The summed E-state index contributed by atoms with van der Waals surface area (Å²) in [6.07, 6.45) is 0. The van der Waals surface area contributed by atoms with Crippen LogP contribution in [0.1, 0.15) is 0 Å². The van der Waals surface area contributed by atoms with E-state index < -0.39 is 0 Å². The predicted molar refractivity (Wildman–Crippen MR) is 227 cm³/mol. The van der Waals surface area contributed by atoms with Crippen molar-refractivity contribution < 1.29 is 4.42 Å². The summed E-state index contributed by atoms with van der Waals surface area (Å²) in [5.74, 6) is 1.74. The number of hydrogen-bond donors (Lipinski definition) is 0. The summed E-state index contributed by atoms with van der Waals surface area (Å²) in [4.78, 5) is 15.9. The highest BCUT2D eigenvalue weighted by Gasteiger charge is 2.21. The number of nitrogens with zero attached hydrogens (tertiary/aromatic N) is 3. The van der Waals surface area contributed by atoms with Gasteiger partial charge in [-0.2, -0.15) is 0 Å². The monoisotopic (exact) mass is 701 g/mol. The number of benzene rings is 9. The Labute approximate surface area is 317 Å². The molecule has 2 heterocycles. The largest absolute Gasteiger partial charge is 0.455 e. The summed E-state index contributed by atoms with van der Waals surface area (Å²) in [7, 11) is 0. The van der Waals surface area contributed by atoms with E-state index in [2.05, 4.69) is 164 Å². The van der Waals surface area contributed by atoms with Crippen LogP contribution in [0.25, 0.3) is 111 Å². The lowest BCUT2D eigenvalue weighted by Gasteiger charge is -2.16. The van der Waals surface area contributed by atoms with Gasteiger partial charge in [0, 0.05) is 21.9 Å². The first-order valence-electron chi connectivity index (χ1n) is 18.5. The molecule has 0 aliphatic carbocycles. The number of furan rings is 1. The van der Waals surface area contributed by atoms with E-state index in [-0.39, 0.29) is 0 Å². The molecule has 0 spiro atoms. The molecule has 4 nitrogen and oxygen atoms in total. The molecule has 11 aromatic rings. The lowest BCUT2D eigenvalue weighted by Crippen LogP contribution is -2.02. The van der Waals surface area contributed by atoms with Crippen molar-refractivity contribution in [2.45, 2.75) is 0 Å². The third kappa shape index (κ3) is 5.19. The van der Waals surface area contributed by atoms with Gasteiger partial charge in [-0.05, 0) is 78.8 Å². The first-order chi connectivity index (χ1) is 27.3. The minimum atomic E-state index is 0.552. The lowest BCUT2D eigenvalue weighted by molar-refractivity contribution is 0.669. The summed E-state index contributed by atoms with van der Waals surface area (Å²) in [6.45, 7) is 0. The van der Waals surface area contributed by atoms with Gasteiger partial charge in [-0.15, -0.1) is 0 Å². The Morgan fingerprint density at radius 3 is 1.60 bits per heavy atom. The molecule has 11 rings (SSSR count). The van der Waals surface area contributed by atoms with Gasteiger partial charge in [0.2, 0.25) is 0 Å². The molecule has 0 saturated heterocycles. The van der Waals surface area contributed by atoms with Crippen molar-refractivity contribution in [2.75, 3.05) is 0 Å². The molecule has 0 N–H and O–H groups in total. The van der Waals surface area contributed by atoms with Crippen molar-refractivity contribution >= 4 is 54.3 Å². The van der Waals surface area contributed by atoms with Crippen LogP contribution < -0.4 is 0 Å². The highest BCUT2D eigenvalue weighted by atomic mass is 16.3. The van der Waals surface area contributed by atoms with E-state index in [0.29, 0.717) is 17.5 Å². The van der Waals surface area contributed by atoms with Crippen molar-refractivity contribution in [1.82, 2.24) is 15.0 Å². The Kier molecular flexibility index (Phi) is 7.14. The molecule has 0 saturated carbocycles. The molecule has 0 aliphatic heterocycles. The topological polar surface area (TPSA) is 51.8 Å². The first kappa shape index (κ1) is 31.1. The Bertz CT molecular complexity index is 3290. The maximum Gasteiger partial charge on any atom is 0.167 e. The van der Waals surface area contributed by atoms with E-state index in [4.69, 9.17) is 19.4 Å². The van der Waals surface area contributed by atoms with Crippen LogP contribution in [0, 0.1) is 0 Å². The molecule has 0 amide bonds. The second-order valence-corrected chi connectivity index (χ2v) is 13.9. The quantitative estimate of drug-likeness (QED) is 0.168. The number of hydrogen-bond acceptors (Lipinski definition) is 4. The van der Waals surface area contributed by atoms with E-state index in [9.17, 15) is 0 Å². The van der Waals surface area contributed by atoms with Gasteiger partial charge in [0.05, 0.1) is 5.56 Å². The minimum absolute atomic E-state index is 0.552. The maximum absolute atomic E-state index is 6.54. The Balaban J connectivity index is 1.18. The van der Waals surface area contributed by atoms with Crippen LogP contribution in [-0.4, -0.2) is 15.0 Å². The third-order valence-corrected chi connectivity index (χ3v) is 10.7. The zero-order valence-corrected chi connectivity index (χ0v) is 29.6. The van der Waals surface area contributed by atoms with Gasteiger partial charge >= 0.3 is 0 Å². The molecule has 55 heavy (non-hydrogen) atoms. The second-order valence-electron chi connectivity index (χ2n) is 13.9. The standard InChI is InChI=1S/C51H31N3O/c1-2-15-33-30-35(29-28-32(33)14-1)37-18-5-9-23-43(37)49-52-50(54-51(53-49)45-26-13-25-42-41-22-11-12-27-47(41)55-48(42)45)44-24-10-8-21-40(44)46-31-34-16-3-4-17-36(34)38-19-6-7-20-39(38)46/h1-31H. The molecule has 0 fully saturated rings. The van der Waals surface area contributed by atoms with Gasteiger partial charge in [-0.1, -0.05) is 164 Å². The Hall–Kier alpha value is -7.43. The molecule has 256 valence electrons. The summed E-state index contributed by atoms with van der Waals surface area (Å²) in [5, 5.41) is 9.27. The highest BCUT2D eigenvalue weighted by molar-refractivity contribution is 6.15. The lowest BCUT2D eigenvalue weighted by atomic mass is 9.91. The van der Waals surface area contributed by atoms with Gasteiger partial charge in [0.25, 0.3) is 0 Å². The van der Waals surface area contributed by atoms with Crippen molar-refractivity contribution in [1.29, 1.82) is 0 Å². The number of fused-ring (bicyclic) bond motifs is 7. The molecule has 0 atom stereocenters. The average Bonchev–Trinajstić information content (AvgIpc) is 3.65. The zero-order valence-electron chi connectivity index (χ0n) is 29.6. The van der Waals surface area contributed by atoms with Crippen molar-refractivity contribution in [3.05, 3.63) is 188 Å². The smallest absolute Gasteiger partial charge is 0.167 e. The van der Waals surface area contributed by atoms with Crippen molar-refractivity contribution in [3.8, 4) is 56.4 Å². The molecular formula is C51H31N3O. The van der Waals surface area contributed by atoms with Gasteiger partial charge in [-0.25, -0.2) is 15.0 Å². The molecule has 0 aliphatic rings. The SMILES string of the molecule is c1ccc(-c2nc(-c3ccccc3-c3cc4ccccc4c4ccccc34)nc(-c3cccc4c3oc3ccccc34)n2)c(-c2ccc3ccccc3c2)c1. The molecular weight excluding hydrogens is 671 g/mol. The summed E-state index contributed by atoms with van der Waals surface area (Å²) in [6, 6.07) is 65.8.